The van der Waals surface area contributed by atoms with Gasteiger partial charge in [-0.25, -0.2) is 0 Å². The summed E-state index contributed by atoms with van der Waals surface area (Å²) in [5, 5.41) is 10.3. The van der Waals surface area contributed by atoms with E-state index in [2.05, 4.69) is 28.9 Å². The molecule has 0 radical (unpaired) electrons. The van der Waals surface area contributed by atoms with Crippen LogP contribution < -0.4 is 0 Å². The number of furan rings is 1. The molecule has 1 aromatic rings. The van der Waals surface area contributed by atoms with Gasteiger partial charge in [-0.1, -0.05) is 19.1 Å². The largest absolute Gasteiger partial charge is 0.457 e. The summed E-state index contributed by atoms with van der Waals surface area (Å²) in [5.74, 6) is 0.585. The van der Waals surface area contributed by atoms with Gasteiger partial charge in [-0.3, -0.25) is 0 Å². The molecule has 0 spiro atoms. The summed E-state index contributed by atoms with van der Waals surface area (Å²) in [6, 6.07) is 1.91. The Balaban J connectivity index is 2.08. The van der Waals surface area contributed by atoms with Gasteiger partial charge in [0.1, 0.15) is 0 Å². The predicted octanol–water partition coefficient (Wildman–Crippen LogP) is 3.30. The van der Waals surface area contributed by atoms with Gasteiger partial charge < -0.3 is 9.52 Å². The molecule has 1 N–H and O–H groups in total. The minimum absolute atomic E-state index is 0.585. The van der Waals surface area contributed by atoms with E-state index in [4.69, 9.17) is 4.42 Å². The smallest absolute Gasteiger partial charge is 0.169 e. The van der Waals surface area contributed by atoms with E-state index in [1.807, 2.05) is 12.1 Å². The summed E-state index contributed by atoms with van der Waals surface area (Å²) >= 11 is 3.26. The monoisotopic (exact) mass is 270 g/mol. The highest BCUT2D eigenvalue weighted by Gasteiger charge is 2.28. The van der Waals surface area contributed by atoms with E-state index in [1.165, 1.54) is 0 Å². The average molecular weight is 271 g/mol. The van der Waals surface area contributed by atoms with E-state index in [0.717, 1.165) is 18.4 Å². The Kier molecular flexibility index (Phi) is 3.03. The Bertz CT molecular complexity index is 369. The molecule has 0 bridgehead atoms. The third-order valence-electron chi connectivity index (χ3n) is 2.90. The van der Waals surface area contributed by atoms with Crippen molar-refractivity contribution >= 4 is 15.9 Å². The molecule has 0 saturated carbocycles. The third kappa shape index (κ3) is 2.73. The fourth-order valence-corrected chi connectivity index (χ4v) is 2.33. The van der Waals surface area contributed by atoms with Crippen LogP contribution in [0.5, 0.6) is 0 Å². The molecule has 1 aromatic heterocycles. The third-order valence-corrected chi connectivity index (χ3v) is 3.32. The van der Waals surface area contributed by atoms with E-state index in [1.54, 1.807) is 6.26 Å². The number of aliphatic hydroxyl groups is 1. The second-order valence-electron chi connectivity index (χ2n) is 4.41. The maximum atomic E-state index is 10.3. The summed E-state index contributed by atoms with van der Waals surface area (Å²) < 4.78 is 5.87. The first-order valence-electron chi connectivity index (χ1n) is 5.22. The van der Waals surface area contributed by atoms with Gasteiger partial charge in [-0.05, 0) is 46.3 Å². The van der Waals surface area contributed by atoms with E-state index in [9.17, 15) is 5.11 Å². The molecule has 2 rings (SSSR count). The van der Waals surface area contributed by atoms with Gasteiger partial charge in [-0.2, -0.15) is 0 Å². The van der Waals surface area contributed by atoms with Crippen LogP contribution in [0.2, 0.25) is 0 Å². The quantitative estimate of drug-likeness (QED) is 0.837. The zero-order valence-electron chi connectivity index (χ0n) is 8.74. The Morgan fingerprint density at radius 2 is 2.47 bits per heavy atom. The SMILES string of the molecule is CC1C=CC(O)(Cc2coc(Br)c2)CC1. The molecule has 1 aliphatic rings. The van der Waals surface area contributed by atoms with Gasteiger partial charge in [0, 0.05) is 6.42 Å². The lowest BCUT2D eigenvalue weighted by Gasteiger charge is -2.29. The molecule has 0 aromatic carbocycles. The summed E-state index contributed by atoms with van der Waals surface area (Å²) in [6.45, 7) is 2.17. The van der Waals surface area contributed by atoms with Crippen LogP contribution in [0.4, 0.5) is 0 Å². The van der Waals surface area contributed by atoms with Crippen molar-refractivity contribution in [1.29, 1.82) is 0 Å². The average Bonchev–Trinajstić information content (AvgIpc) is 2.57. The van der Waals surface area contributed by atoms with Gasteiger partial charge in [0.2, 0.25) is 0 Å². The van der Waals surface area contributed by atoms with Crippen molar-refractivity contribution in [3.63, 3.8) is 0 Å². The van der Waals surface area contributed by atoms with Crippen LogP contribution in [-0.2, 0) is 6.42 Å². The lowest BCUT2D eigenvalue weighted by atomic mass is 9.82. The van der Waals surface area contributed by atoms with Crippen molar-refractivity contribution in [3.8, 4) is 0 Å². The highest BCUT2D eigenvalue weighted by Crippen LogP contribution is 2.29. The molecule has 3 heteroatoms. The molecule has 2 atom stereocenters. The standard InChI is InChI=1S/C12H15BrO2/c1-9-2-4-12(14,5-3-9)7-10-6-11(13)15-8-10/h2,4,6,8-9,14H,3,5,7H2,1H3. The van der Waals surface area contributed by atoms with Gasteiger partial charge in [-0.15, -0.1) is 0 Å². The zero-order chi connectivity index (χ0) is 10.9. The van der Waals surface area contributed by atoms with Crippen LogP contribution in [0.25, 0.3) is 0 Å². The van der Waals surface area contributed by atoms with Crippen molar-refractivity contribution in [2.24, 2.45) is 5.92 Å². The minimum atomic E-state index is -0.685. The molecule has 0 aliphatic heterocycles. The number of allylic oxidation sites excluding steroid dienone is 1. The maximum absolute atomic E-state index is 10.3. The number of hydrogen-bond acceptors (Lipinski definition) is 2. The zero-order valence-corrected chi connectivity index (χ0v) is 10.3. The molecule has 1 aliphatic carbocycles. The first-order chi connectivity index (χ1) is 7.07. The fraction of sp³-hybridized carbons (Fsp3) is 0.500. The maximum Gasteiger partial charge on any atom is 0.169 e. The van der Waals surface area contributed by atoms with Crippen molar-refractivity contribution < 1.29 is 9.52 Å². The Morgan fingerprint density at radius 1 is 1.67 bits per heavy atom. The summed E-state index contributed by atoms with van der Waals surface area (Å²) in [4.78, 5) is 0. The molecular weight excluding hydrogens is 256 g/mol. The number of hydrogen-bond donors (Lipinski definition) is 1. The topological polar surface area (TPSA) is 33.4 Å². The fourth-order valence-electron chi connectivity index (χ4n) is 1.94. The van der Waals surface area contributed by atoms with Crippen LogP contribution in [-0.4, -0.2) is 10.7 Å². The molecule has 15 heavy (non-hydrogen) atoms. The number of rotatable bonds is 2. The molecule has 0 saturated heterocycles. The molecule has 0 fully saturated rings. The van der Waals surface area contributed by atoms with Crippen molar-refractivity contribution in [2.75, 3.05) is 0 Å². The predicted molar refractivity (Wildman–Crippen MR) is 62.6 cm³/mol. The highest BCUT2D eigenvalue weighted by atomic mass is 79.9. The minimum Gasteiger partial charge on any atom is -0.457 e. The van der Waals surface area contributed by atoms with Gasteiger partial charge in [0.15, 0.2) is 4.67 Å². The van der Waals surface area contributed by atoms with Gasteiger partial charge in [0.05, 0.1) is 11.9 Å². The first kappa shape index (κ1) is 11.0. The second kappa shape index (κ2) is 4.14. The molecule has 82 valence electrons. The van der Waals surface area contributed by atoms with Crippen LogP contribution in [0.3, 0.4) is 0 Å². The summed E-state index contributed by atoms with van der Waals surface area (Å²) in [6.07, 6.45) is 8.22. The molecule has 0 amide bonds. The summed E-state index contributed by atoms with van der Waals surface area (Å²) in [5.41, 5.74) is 0.346. The van der Waals surface area contributed by atoms with Gasteiger partial charge >= 0.3 is 0 Å². The normalized spacial score (nSPS) is 30.7. The molecule has 2 unspecified atom stereocenters. The van der Waals surface area contributed by atoms with E-state index in [-0.39, 0.29) is 0 Å². The van der Waals surface area contributed by atoms with Crippen LogP contribution in [0, 0.1) is 5.92 Å². The van der Waals surface area contributed by atoms with Gasteiger partial charge in [0.25, 0.3) is 0 Å². The first-order valence-corrected chi connectivity index (χ1v) is 6.01. The molecule has 1 heterocycles. The van der Waals surface area contributed by atoms with Crippen molar-refractivity contribution in [1.82, 2.24) is 0 Å². The van der Waals surface area contributed by atoms with Crippen LogP contribution in [0.15, 0.2) is 33.6 Å². The van der Waals surface area contributed by atoms with E-state index < -0.39 is 5.60 Å². The lowest BCUT2D eigenvalue weighted by molar-refractivity contribution is 0.0698. The lowest BCUT2D eigenvalue weighted by Crippen LogP contribution is -2.31. The second-order valence-corrected chi connectivity index (χ2v) is 5.20. The number of halogens is 1. The van der Waals surface area contributed by atoms with Crippen molar-refractivity contribution in [3.05, 3.63) is 34.7 Å². The molecule has 2 nitrogen and oxygen atoms in total. The Morgan fingerprint density at radius 3 is 3.00 bits per heavy atom. The highest BCUT2D eigenvalue weighted by molar-refractivity contribution is 9.10. The molecular formula is C12H15BrO2. The Labute approximate surface area is 98.1 Å². The Hall–Kier alpha value is -0.540. The summed E-state index contributed by atoms with van der Waals surface area (Å²) in [7, 11) is 0. The van der Waals surface area contributed by atoms with Crippen LogP contribution in [0.1, 0.15) is 25.3 Å². The van der Waals surface area contributed by atoms with E-state index in [0.29, 0.717) is 17.0 Å². The van der Waals surface area contributed by atoms with Crippen LogP contribution >= 0.6 is 15.9 Å². The van der Waals surface area contributed by atoms with Crippen molar-refractivity contribution in [2.45, 2.75) is 31.8 Å². The van der Waals surface area contributed by atoms with E-state index >= 15 is 0 Å².